The van der Waals surface area contributed by atoms with E-state index in [4.69, 9.17) is 11.6 Å². The molecular formula is C14H10ClN3S. The van der Waals surface area contributed by atoms with E-state index in [1.165, 1.54) is 0 Å². The van der Waals surface area contributed by atoms with Gasteiger partial charge in [-0.1, -0.05) is 29.8 Å². The summed E-state index contributed by atoms with van der Waals surface area (Å²) in [4.78, 5) is 14.0. The Balaban J connectivity index is 2.00. The monoisotopic (exact) mass is 287 g/mol. The first-order chi connectivity index (χ1) is 9.22. The molecule has 1 aromatic carbocycles. The molecule has 3 nitrogen and oxygen atoms in total. The van der Waals surface area contributed by atoms with Crippen LogP contribution in [0.2, 0.25) is 5.15 Å². The van der Waals surface area contributed by atoms with E-state index < -0.39 is 0 Å². The van der Waals surface area contributed by atoms with Crippen molar-refractivity contribution in [2.75, 3.05) is 0 Å². The topological polar surface area (TPSA) is 38.1 Å². The van der Waals surface area contributed by atoms with Crippen LogP contribution in [-0.4, -0.2) is 16.2 Å². The summed E-state index contributed by atoms with van der Waals surface area (Å²) >= 11 is 7.70. The fraction of sp³-hybridized carbons (Fsp3) is 0.0714. The van der Waals surface area contributed by atoms with Crippen LogP contribution < -0.4 is 0 Å². The molecule has 2 heterocycles. The molecule has 0 radical (unpaired) electrons. The predicted octanol–water partition coefficient (Wildman–Crippen LogP) is 4.40. The zero-order valence-electron chi connectivity index (χ0n) is 10.2. The lowest BCUT2D eigenvalue weighted by atomic mass is 10.2. The second kappa shape index (κ2) is 5.07. The molecule has 0 saturated heterocycles. The summed E-state index contributed by atoms with van der Waals surface area (Å²) in [5.41, 5.74) is 1.68. The van der Waals surface area contributed by atoms with Gasteiger partial charge in [0.15, 0.2) is 0 Å². The normalized spacial score (nSPS) is 11.5. The summed E-state index contributed by atoms with van der Waals surface area (Å²) in [6.07, 6.45) is 3.51. The van der Waals surface area contributed by atoms with Crippen LogP contribution in [0.25, 0.3) is 10.9 Å². The molecule has 0 atom stereocenters. The van der Waals surface area contributed by atoms with Gasteiger partial charge in [0.05, 0.1) is 5.52 Å². The average Bonchev–Trinajstić information content (AvgIpc) is 2.82. The zero-order chi connectivity index (χ0) is 13.2. The fourth-order valence-electron chi connectivity index (χ4n) is 1.73. The zero-order valence-corrected chi connectivity index (χ0v) is 11.7. The number of fused-ring (bicyclic) bond motifs is 1. The van der Waals surface area contributed by atoms with Crippen LogP contribution >= 0.6 is 22.9 Å². The number of hydrogen-bond acceptors (Lipinski definition) is 4. The summed E-state index contributed by atoms with van der Waals surface area (Å²) in [6, 6.07) is 9.84. The van der Waals surface area contributed by atoms with Crippen molar-refractivity contribution in [1.82, 2.24) is 9.97 Å². The highest BCUT2D eigenvalue weighted by molar-refractivity contribution is 7.15. The number of thiazole rings is 1. The van der Waals surface area contributed by atoms with E-state index in [9.17, 15) is 0 Å². The molecule has 0 aliphatic heterocycles. The first-order valence-electron chi connectivity index (χ1n) is 5.74. The van der Waals surface area contributed by atoms with Crippen molar-refractivity contribution in [3.8, 4) is 0 Å². The summed E-state index contributed by atoms with van der Waals surface area (Å²) in [6.45, 7) is 2.00. The second-order valence-electron chi connectivity index (χ2n) is 4.07. The number of aryl methyl sites for hydroxylation is 1. The molecule has 3 rings (SSSR count). The van der Waals surface area contributed by atoms with E-state index in [0.29, 0.717) is 5.15 Å². The van der Waals surface area contributed by atoms with E-state index >= 15 is 0 Å². The molecule has 0 aliphatic carbocycles. The van der Waals surface area contributed by atoms with E-state index in [1.54, 1.807) is 23.7 Å². The Morgan fingerprint density at radius 2 is 2.16 bits per heavy atom. The molecule has 0 unspecified atom stereocenters. The third-order valence-corrected chi connectivity index (χ3v) is 3.75. The van der Waals surface area contributed by atoms with Gasteiger partial charge in [0.2, 0.25) is 5.13 Å². The Labute approximate surface area is 119 Å². The minimum absolute atomic E-state index is 0.454. The minimum Gasteiger partial charge on any atom is -0.235 e. The van der Waals surface area contributed by atoms with Gasteiger partial charge in [-0.25, -0.2) is 15.0 Å². The largest absolute Gasteiger partial charge is 0.235 e. The highest BCUT2D eigenvalue weighted by Gasteiger charge is 2.03. The van der Waals surface area contributed by atoms with Crippen LogP contribution in [0.3, 0.4) is 0 Å². The van der Waals surface area contributed by atoms with E-state index in [-0.39, 0.29) is 0 Å². The van der Waals surface area contributed by atoms with Crippen molar-refractivity contribution in [2.24, 2.45) is 4.99 Å². The van der Waals surface area contributed by atoms with Crippen LogP contribution in [0.15, 0.2) is 41.5 Å². The van der Waals surface area contributed by atoms with Gasteiger partial charge in [0.1, 0.15) is 5.15 Å². The maximum atomic E-state index is 6.16. The van der Waals surface area contributed by atoms with Crippen molar-refractivity contribution >= 4 is 45.2 Å². The standard InChI is InChI=1S/C14H10ClN3S/c1-9-7-16-14(19-9)17-8-11-6-10-4-2-3-5-12(10)18-13(11)15/h2-8H,1H3/b17-8+. The van der Waals surface area contributed by atoms with Gasteiger partial charge in [-0.3, -0.25) is 0 Å². The second-order valence-corrected chi connectivity index (χ2v) is 5.64. The number of rotatable bonds is 2. The molecule has 0 bridgehead atoms. The number of hydrogen-bond donors (Lipinski definition) is 0. The molecule has 0 spiro atoms. The van der Waals surface area contributed by atoms with Gasteiger partial charge in [-0.2, -0.15) is 0 Å². The molecule has 0 fully saturated rings. The summed E-state index contributed by atoms with van der Waals surface area (Å²) < 4.78 is 0. The quantitative estimate of drug-likeness (QED) is 0.517. The average molecular weight is 288 g/mol. The molecule has 0 aliphatic rings. The third kappa shape index (κ3) is 2.64. The van der Waals surface area contributed by atoms with Gasteiger partial charge < -0.3 is 0 Å². The Bertz CT molecular complexity index is 764. The van der Waals surface area contributed by atoms with Crippen LogP contribution in [0.5, 0.6) is 0 Å². The molecule has 0 saturated carbocycles. The number of pyridine rings is 1. The van der Waals surface area contributed by atoms with Crippen molar-refractivity contribution in [3.05, 3.63) is 52.1 Å². The van der Waals surface area contributed by atoms with Crippen LogP contribution in [0.1, 0.15) is 10.4 Å². The van der Waals surface area contributed by atoms with Crippen LogP contribution in [-0.2, 0) is 0 Å². The molecule has 3 aromatic rings. The van der Waals surface area contributed by atoms with Gasteiger partial charge in [0.25, 0.3) is 0 Å². The maximum absolute atomic E-state index is 6.16. The lowest BCUT2D eigenvalue weighted by molar-refractivity contribution is 1.34. The Morgan fingerprint density at radius 1 is 1.32 bits per heavy atom. The minimum atomic E-state index is 0.454. The third-order valence-electron chi connectivity index (χ3n) is 2.63. The molecule has 0 amide bonds. The predicted molar refractivity (Wildman–Crippen MR) is 80.9 cm³/mol. The van der Waals surface area contributed by atoms with E-state index in [2.05, 4.69) is 15.0 Å². The van der Waals surface area contributed by atoms with E-state index in [1.807, 2.05) is 37.3 Å². The Kier molecular flexibility index (Phi) is 3.27. The molecular weight excluding hydrogens is 278 g/mol. The van der Waals surface area contributed by atoms with Crippen LogP contribution in [0, 0.1) is 6.92 Å². The van der Waals surface area contributed by atoms with Crippen molar-refractivity contribution in [1.29, 1.82) is 0 Å². The number of benzene rings is 1. The molecule has 0 N–H and O–H groups in total. The van der Waals surface area contributed by atoms with Crippen molar-refractivity contribution < 1.29 is 0 Å². The molecule has 19 heavy (non-hydrogen) atoms. The summed E-state index contributed by atoms with van der Waals surface area (Å²) in [7, 11) is 0. The van der Waals surface area contributed by atoms with Gasteiger partial charge >= 0.3 is 0 Å². The van der Waals surface area contributed by atoms with Gasteiger partial charge in [-0.05, 0) is 19.1 Å². The van der Waals surface area contributed by atoms with Gasteiger partial charge in [0, 0.05) is 28.2 Å². The molecule has 2 aromatic heterocycles. The smallest absolute Gasteiger partial charge is 0.209 e. The number of aromatic nitrogens is 2. The Hall–Kier alpha value is -1.78. The number of nitrogens with zero attached hydrogens (tertiary/aromatic N) is 3. The van der Waals surface area contributed by atoms with E-state index in [0.717, 1.165) is 26.5 Å². The summed E-state index contributed by atoms with van der Waals surface area (Å²) in [5, 5.41) is 2.22. The van der Waals surface area contributed by atoms with Crippen molar-refractivity contribution in [3.63, 3.8) is 0 Å². The SMILES string of the molecule is Cc1cnc(/N=C/c2cc3ccccc3nc2Cl)s1. The lowest BCUT2D eigenvalue weighted by Crippen LogP contribution is -1.88. The first-order valence-corrected chi connectivity index (χ1v) is 6.93. The number of halogens is 1. The molecule has 5 heteroatoms. The highest BCUT2D eigenvalue weighted by Crippen LogP contribution is 2.22. The number of para-hydroxylation sites is 1. The molecule has 94 valence electrons. The van der Waals surface area contributed by atoms with Gasteiger partial charge in [-0.15, -0.1) is 11.3 Å². The number of aliphatic imine (C=N–C) groups is 1. The van der Waals surface area contributed by atoms with Crippen LogP contribution in [0.4, 0.5) is 5.13 Å². The summed E-state index contributed by atoms with van der Waals surface area (Å²) in [5.74, 6) is 0. The Morgan fingerprint density at radius 3 is 2.95 bits per heavy atom. The highest BCUT2D eigenvalue weighted by atomic mass is 35.5. The maximum Gasteiger partial charge on any atom is 0.209 e. The fourth-order valence-corrected chi connectivity index (χ4v) is 2.53. The lowest BCUT2D eigenvalue weighted by Gasteiger charge is -2.00. The van der Waals surface area contributed by atoms with Crippen molar-refractivity contribution in [2.45, 2.75) is 6.92 Å². The first kappa shape index (κ1) is 12.3.